The van der Waals surface area contributed by atoms with E-state index in [1.165, 1.54) is 0 Å². The molecule has 0 N–H and O–H groups in total. The predicted molar refractivity (Wildman–Crippen MR) is 106 cm³/mol. The van der Waals surface area contributed by atoms with Crippen molar-refractivity contribution in [2.45, 2.75) is 64.8 Å². The van der Waals surface area contributed by atoms with Gasteiger partial charge in [-0.1, -0.05) is 0 Å². The number of hydrogen-bond acceptors (Lipinski definition) is 14. The maximum atomic E-state index is 11.7. The molecule has 1 fully saturated rings. The van der Waals surface area contributed by atoms with Gasteiger partial charge in [-0.15, -0.1) is 0 Å². The molecule has 0 saturated carbocycles. The van der Waals surface area contributed by atoms with Crippen LogP contribution in [0.5, 0.6) is 0 Å². The fourth-order valence-electron chi connectivity index (χ4n) is 2.88. The first kappa shape index (κ1) is 28.8. The highest BCUT2D eigenvalue weighted by atomic mass is 16.7. The summed E-state index contributed by atoms with van der Waals surface area (Å²) in [7, 11) is 1.11. The summed E-state index contributed by atoms with van der Waals surface area (Å²) in [4.78, 5) is 69.0. The summed E-state index contributed by atoms with van der Waals surface area (Å²) < 4.78 is 41.0. The smallest absolute Gasteiger partial charge is 0.317 e. The second-order valence-electron chi connectivity index (χ2n) is 6.91. The Hall–Kier alpha value is -3.26. The zero-order chi connectivity index (χ0) is 25.8. The Bertz CT molecular complexity index is 762. The quantitative estimate of drug-likeness (QED) is 0.151. The fourth-order valence-corrected chi connectivity index (χ4v) is 2.88. The Morgan fingerprint density at radius 1 is 0.676 bits per heavy atom. The molecule has 1 rings (SSSR count). The van der Waals surface area contributed by atoms with Gasteiger partial charge in [-0.25, -0.2) is 0 Å². The number of esters is 6. The van der Waals surface area contributed by atoms with Crippen molar-refractivity contribution in [1.82, 2.24) is 0 Å². The lowest BCUT2D eigenvalue weighted by Gasteiger charge is -2.44. The second kappa shape index (κ2) is 14.1. The van der Waals surface area contributed by atoms with Crippen molar-refractivity contribution in [1.29, 1.82) is 0 Å². The highest BCUT2D eigenvalue weighted by Crippen LogP contribution is 2.29. The van der Waals surface area contributed by atoms with Gasteiger partial charge in [0, 0.05) is 27.7 Å². The minimum atomic E-state index is -1.40. The minimum absolute atomic E-state index is 0.291. The molecule has 5 atom stereocenters. The van der Waals surface area contributed by atoms with Gasteiger partial charge in [0.2, 0.25) is 0 Å². The third-order valence-electron chi connectivity index (χ3n) is 4.09. The van der Waals surface area contributed by atoms with E-state index in [1.54, 1.807) is 0 Å². The van der Waals surface area contributed by atoms with Crippen molar-refractivity contribution >= 4 is 35.8 Å². The van der Waals surface area contributed by atoms with Crippen LogP contribution in [0.4, 0.5) is 0 Å². The van der Waals surface area contributed by atoms with Crippen LogP contribution in [0.25, 0.3) is 0 Å². The van der Waals surface area contributed by atoms with Gasteiger partial charge in [0.15, 0.2) is 24.6 Å². The van der Waals surface area contributed by atoms with Gasteiger partial charge in [-0.3, -0.25) is 28.8 Å². The molecule has 0 radical (unpaired) electrons. The highest BCUT2D eigenvalue weighted by Gasteiger charge is 2.52. The van der Waals surface area contributed by atoms with Crippen LogP contribution in [0.1, 0.15) is 34.1 Å². The molecule has 1 aliphatic heterocycles. The van der Waals surface area contributed by atoms with Crippen LogP contribution < -0.4 is 0 Å². The zero-order valence-electron chi connectivity index (χ0n) is 19.4. The second-order valence-corrected chi connectivity index (χ2v) is 6.91. The van der Waals surface area contributed by atoms with Crippen molar-refractivity contribution in [3.05, 3.63) is 0 Å². The summed E-state index contributed by atoms with van der Waals surface area (Å²) in [6, 6.07) is 0. The standard InChI is InChI=1S/C20H28O14/c1-10(21)30-9-14-17(31-11(2)22)18(32-12(3)23)19(33-13(4)24)20(34-14)29-7-6-28-16(26)8-15(25)27-5/h14,17-20H,6-9H2,1-5H3/t14-,17-,18+,19-,20+/m1/s1. The van der Waals surface area contributed by atoms with E-state index in [0.717, 1.165) is 34.8 Å². The van der Waals surface area contributed by atoms with Crippen LogP contribution in [0.15, 0.2) is 0 Å². The first-order valence-electron chi connectivity index (χ1n) is 10.1. The molecule has 1 heterocycles. The number of ether oxygens (including phenoxy) is 8. The normalized spacial score (nSPS) is 23.7. The fraction of sp³-hybridized carbons (Fsp3) is 0.700. The van der Waals surface area contributed by atoms with Crippen LogP contribution in [0.3, 0.4) is 0 Å². The molecule has 192 valence electrons. The molecule has 0 spiro atoms. The van der Waals surface area contributed by atoms with Crippen LogP contribution >= 0.6 is 0 Å². The maximum Gasteiger partial charge on any atom is 0.317 e. The summed E-state index contributed by atoms with van der Waals surface area (Å²) in [5.74, 6) is -4.65. The largest absolute Gasteiger partial charge is 0.469 e. The lowest BCUT2D eigenvalue weighted by molar-refractivity contribution is -0.309. The van der Waals surface area contributed by atoms with E-state index in [4.69, 9.17) is 33.2 Å². The number of carbonyl (C=O) groups is 6. The summed E-state index contributed by atoms with van der Waals surface area (Å²) in [5, 5.41) is 0. The van der Waals surface area contributed by atoms with E-state index in [1.807, 2.05) is 0 Å². The van der Waals surface area contributed by atoms with Crippen LogP contribution in [0.2, 0.25) is 0 Å². The Morgan fingerprint density at radius 3 is 1.76 bits per heavy atom. The molecule has 0 aromatic rings. The Balaban J connectivity index is 3.05. The molecule has 0 amide bonds. The monoisotopic (exact) mass is 492 g/mol. The third-order valence-corrected chi connectivity index (χ3v) is 4.09. The molecular formula is C20H28O14. The Morgan fingerprint density at radius 2 is 1.24 bits per heavy atom. The minimum Gasteiger partial charge on any atom is -0.469 e. The molecule has 0 unspecified atom stereocenters. The van der Waals surface area contributed by atoms with Gasteiger partial charge in [0.1, 0.15) is 25.7 Å². The van der Waals surface area contributed by atoms with E-state index in [9.17, 15) is 28.8 Å². The first-order chi connectivity index (χ1) is 15.9. The van der Waals surface area contributed by atoms with E-state index < -0.39 is 79.5 Å². The molecule has 1 saturated heterocycles. The summed E-state index contributed by atoms with van der Waals surface area (Å²) in [6.45, 7) is 3.39. The van der Waals surface area contributed by atoms with Crippen LogP contribution in [-0.4, -0.2) is 93.5 Å². The van der Waals surface area contributed by atoms with Crippen LogP contribution in [-0.2, 0) is 66.7 Å². The van der Waals surface area contributed by atoms with Gasteiger partial charge in [-0.2, -0.15) is 0 Å². The molecule has 0 bridgehead atoms. The van der Waals surface area contributed by atoms with Gasteiger partial charge in [0.05, 0.1) is 13.7 Å². The van der Waals surface area contributed by atoms with Crippen molar-refractivity contribution < 1.29 is 66.7 Å². The number of carbonyl (C=O) groups excluding carboxylic acids is 6. The van der Waals surface area contributed by atoms with Gasteiger partial charge in [-0.05, 0) is 0 Å². The van der Waals surface area contributed by atoms with Crippen molar-refractivity contribution in [2.24, 2.45) is 0 Å². The number of methoxy groups -OCH3 is 1. The third kappa shape index (κ3) is 10.1. The Labute approximate surface area is 195 Å². The molecule has 1 aliphatic rings. The molecule has 0 aromatic heterocycles. The SMILES string of the molecule is COC(=O)CC(=O)OCCO[C@H]1O[C@H](COC(C)=O)[C@@H](OC(C)=O)[C@H](OC(C)=O)[C@H]1OC(C)=O. The van der Waals surface area contributed by atoms with Gasteiger partial charge < -0.3 is 37.9 Å². The Kier molecular flexibility index (Phi) is 11.9. The van der Waals surface area contributed by atoms with Gasteiger partial charge in [0.25, 0.3) is 0 Å². The number of hydrogen-bond donors (Lipinski definition) is 0. The summed E-state index contributed by atoms with van der Waals surface area (Å²) in [6.07, 6.45) is -7.27. The molecule has 0 aliphatic carbocycles. The lowest BCUT2D eigenvalue weighted by atomic mass is 9.98. The maximum absolute atomic E-state index is 11.7. The van der Waals surface area contributed by atoms with E-state index >= 15 is 0 Å². The topological polar surface area (TPSA) is 176 Å². The summed E-state index contributed by atoms with van der Waals surface area (Å²) in [5.41, 5.74) is 0. The van der Waals surface area contributed by atoms with E-state index in [-0.39, 0.29) is 13.2 Å². The van der Waals surface area contributed by atoms with E-state index in [2.05, 4.69) is 4.74 Å². The summed E-state index contributed by atoms with van der Waals surface area (Å²) >= 11 is 0. The van der Waals surface area contributed by atoms with Crippen LogP contribution in [0, 0.1) is 0 Å². The van der Waals surface area contributed by atoms with E-state index in [0.29, 0.717) is 0 Å². The average Bonchev–Trinajstić information content (AvgIpc) is 2.72. The molecular weight excluding hydrogens is 464 g/mol. The number of rotatable bonds is 11. The van der Waals surface area contributed by atoms with Crippen molar-refractivity contribution in [3.8, 4) is 0 Å². The van der Waals surface area contributed by atoms with Gasteiger partial charge >= 0.3 is 35.8 Å². The predicted octanol–water partition coefficient (Wildman–Crippen LogP) is -0.808. The molecule has 34 heavy (non-hydrogen) atoms. The molecule has 14 nitrogen and oxygen atoms in total. The van der Waals surface area contributed by atoms with Crippen molar-refractivity contribution in [2.75, 3.05) is 26.9 Å². The lowest BCUT2D eigenvalue weighted by Crippen LogP contribution is -2.63. The van der Waals surface area contributed by atoms with Crippen molar-refractivity contribution in [3.63, 3.8) is 0 Å². The molecule has 14 heteroatoms. The molecule has 0 aromatic carbocycles. The first-order valence-corrected chi connectivity index (χ1v) is 10.1. The average molecular weight is 492 g/mol. The highest BCUT2D eigenvalue weighted by molar-refractivity contribution is 5.91. The zero-order valence-corrected chi connectivity index (χ0v) is 19.4.